The van der Waals surface area contributed by atoms with E-state index in [0.29, 0.717) is 22.5 Å². The molecule has 1 aromatic heterocycles. The van der Waals surface area contributed by atoms with Crippen molar-refractivity contribution in [1.29, 1.82) is 0 Å². The van der Waals surface area contributed by atoms with Gasteiger partial charge in [0.25, 0.3) is 5.89 Å². The SMILES string of the molecule is COc1ccc(-c2noc(COc3ccc(Cl)cc3)n2)cc1. The number of hydrogen-bond acceptors (Lipinski definition) is 5. The van der Waals surface area contributed by atoms with E-state index in [9.17, 15) is 0 Å². The molecule has 22 heavy (non-hydrogen) atoms. The lowest BCUT2D eigenvalue weighted by molar-refractivity contribution is 0.243. The van der Waals surface area contributed by atoms with Crippen LogP contribution in [-0.2, 0) is 6.61 Å². The maximum absolute atomic E-state index is 5.82. The van der Waals surface area contributed by atoms with Crippen molar-refractivity contribution in [3.05, 3.63) is 59.4 Å². The first-order valence-corrected chi connectivity index (χ1v) is 6.98. The molecule has 3 aromatic rings. The van der Waals surface area contributed by atoms with Gasteiger partial charge in [0.1, 0.15) is 11.5 Å². The zero-order valence-corrected chi connectivity index (χ0v) is 12.6. The lowest BCUT2D eigenvalue weighted by atomic mass is 10.2. The van der Waals surface area contributed by atoms with E-state index in [-0.39, 0.29) is 6.61 Å². The van der Waals surface area contributed by atoms with Gasteiger partial charge < -0.3 is 14.0 Å². The van der Waals surface area contributed by atoms with Crippen molar-refractivity contribution in [3.8, 4) is 22.9 Å². The van der Waals surface area contributed by atoms with Gasteiger partial charge in [-0.3, -0.25) is 0 Å². The van der Waals surface area contributed by atoms with E-state index >= 15 is 0 Å². The Morgan fingerprint density at radius 1 is 1.00 bits per heavy atom. The lowest BCUT2D eigenvalue weighted by Gasteiger charge is -2.02. The van der Waals surface area contributed by atoms with Crippen LogP contribution in [0.15, 0.2) is 53.1 Å². The average Bonchev–Trinajstić information content (AvgIpc) is 3.03. The largest absolute Gasteiger partial charge is 0.497 e. The highest BCUT2D eigenvalue weighted by Gasteiger charge is 2.09. The first-order chi connectivity index (χ1) is 10.7. The standard InChI is InChI=1S/C16H13ClN2O3/c1-20-13-6-2-11(3-7-13)16-18-15(22-19-16)10-21-14-8-4-12(17)5-9-14/h2-9H,10H2,1H3. The van der Waals surface area contributed by atoms with Crippen LogP contribution in [0.3, 0.4) is 0 Å². The molecule has 0 unspecified atom stereocenters. The number of methoxy groups -OCH3 is 1. The van der Waals surface area contributed by atoms with Crippen molar-refractivity contribution < 1.29 is 14.0 Å². The molecule has 0 saturated heterocycles. The van der Waals surface area contributed by atoms with E-state index in [2.05, 4.69) is 10.1 Å². The summed E-state index contributed by atoms with van der Waals surface area (Å²) in [7, 11) is 1.62. The fourth-order valence-corrected chi connectivity index (χ4v) is 1.97. The molecule has 3 rings (SSSR count). The van der Waals surface area contributed by atoms with Crippen LogP contribution in [0.4, 0.5) is 0 Å². The molecule has 0 aliphatic rings. The fourth-order valence-electron chi connectivity index (χ4n) is 1.85. The second kappa shape index (κ2) is 6.49. The Kier molecular flexibility index (Phi) is 4.25. The van der Waals surface area contributed by atoms with Crippen LogP contribution in [0.5, 0.6) is 11.5 Å². The number of ether oxygens (including phenoxy) is 2. The van der Waals surface area contributed by atoms with Gasteiger partial charge in [0.05, 0.1) is 7.11 Å². The van der Waals surface area contributed by atoms with Gasteiger partial charge in [0, 0.05) is 10.6 Å². The van der Waals surface area contributed by atoms with Crippen LogP contribution >= 0.6 is 11.6 Å². The van der Waals surface area contributed by atoms with Gasteiger partial charge in [0.15, 0.2) is 6.61 Å². The Labute approximate surface area is 132 Å². The van der Waals surface area contributed by atoms with E-state index in [4.69, 9.17) is 25.6 Å². The molecular formula is C16H13ClN2O3. The van der Waals surface area contributed by atoms with Crippen molar-refractivity contribution in [2.45, 2.75) is 6.61 Å². The number of aromatic nitrogens is 2. The van der Waals surface area contributed by atoms with Crippen molar-refractivity contribution >= 4 is 11.6 Å². The van der Waals surface area contributed by atoms with Gasteiger partial charge in [-0.2, -0.15) is 4.98 Å². The fraction of sp³-hybridized carbons (Fsp3) is 0.125. The van der Waals surface area contributed by atoms with Crippen LogP contribution in [0.25, 0.3) is 11.4 Å². The zero-order valence-electron chi connectivity index (χ0n) is 11.8. The first-order valence-electron chi connectivity index (χ1n) is 6.60. The highest BCUT2D eigenvalue weighted by atomic mass is 35.5. The van der Waals surface area contributed by atoms with Crippen LogP contribution in [0.1, 0.15) is 5.89 Å². The number of hydrogen-bond donors (Lipinski definition) is 0. The van der Waals surface area contributed by atoms with Gasteiger partial charge in [0.2, 0.25) is 5.82 Å². The maximum atomic E-state index is 5.82. The van der Waals surface area contributed by atoms with Gasteiger partial charge in [-0.1, -0.05) is 16.8 Å². The van der Waals surface area contributed by atoms with Crippen LogP contribution in [0, 0.1) is 0 Å². The predicted octanol–water partition coefficient (Wildman–Crippen LogP) is 3.98. The van der Waals surface area contributed by atoms with Crippen molar-refractivity contribution in [1.82, 2.24) is 10.1 Å². The summed E-state index contributed by atoms with van der Waals surface area (Å²) in [5.74, 6) is 2.38. The Hall–Kier alpha value is -2.53. The Balaban J connectivity index is 1.66. The molecule has 0 aliphatic carbocycles. The molecular weight excluding hydrogens is 304 g/mol. The van der Waals surface area contributed by atoms with Crippen LogP contribution in [-0.4, -0.2) is 17.3 Å². The second-order valence-corrected chi connectivity index (χ2v) is 4.92. The third kappa shape index (κ3) is 3.38. The molecule has 5 nitrogen and oxygen atoms in total. The monoisotopic (exact) mass is 316 g/mol. The molecule has 2 aromatic carbocycles. The topological polar surface area (TPSA) is 57.4 Å². The van der Waals surface area contributed by atoms with Crippen molar-refractivity contribution in [2.24, 2.45) is 0 Å². The summed E-state index contributed by atoms with van der Waals surface area (Å²) in [5.41, 5.74) is 0.849. The Morgan fingerprint density at radius 2 is 1.68 bits per heavy atom. The van der Waals surface area contributed by atoms with E-state index in [1.165, 1.54) is 0 Å². The number of benzene rings is 2. The zero-order chi connectivity index (χ0) is 15.4. The summed E-state index contributed by atoms with van der Waals surface area (Å²) >= 11 is 5.82. The first kappa shape index (κ1) is 14.4. The maximum Gasteiger partial charge on any atom is 0.264 e. The third-order valence-corrected chi connectivity index (χ3v) is 3.24. The van der Waals surface area contributed by atoms with Gasteiger partial charge in [-0.25, -0.2) is 0 Å². The third-order valence-electron chi connectivity index (χ3n) is 2.99. The van der Waals surface area contributed by atoms with Crippen molar-refractivity contribution in [2.75, 3.05) is 7.11 Å². The molecule has 0 aliphatic heterocycles. The molecule has 0 bridgehead atoms. The average molecular weight is 317 g/mol. The quantitative estimate of drug-likeness (QED) is 0.712. The van der Waals surface area contributed by atoms with Gasteiger partial charge >= 0.3 is 0 Å². The smallest absolute Gasteiger partial charge is 0.264 e. The molecule has 0 fully saturated rings. The Morgan fingerprint density at radius 3 is 2.36 bits per heavy atom. The van der Waals surface area contributed by atoms with E-state index < -0.39 is 0 Å². The summed E-state index contributed by atoms with van der Waals surface area (Å²) < 4.78 is 15.8. The van der Waals surface area contributed by atoms with Gasteiger partial charge in [-0.15, -0.1) is 0 Å². The number of rotatable bonds is 5. The van der Waals surface area contributed by atoms with E-state index in [1.54, 1.807) is 31.4 Å². The van der Waals surface area contributed by atoms with E-state index in [0.717, 1.165) is 11.3 Å². The summed E-state index contributed by atoms with van der Waals surface area (Å²) in [6, 6.07) is 14.5. The molecule has 112 valence electrons. The molecule has 0 atom stereocenters. The molecule has 0 amide bonds. The van der Waals surface area contributed by atoms with E-state index in [1.807, 2.05) is 24.3 Å². The van der Waals surface area contributed by atoms with Crippen molar-refractivity contribution in [3.63, 3.8) is 0 Å². The summed E-state index contributed by atoms with van der Waals surface area (Å²) in [4.78, 5) is 4.30. The predicted molar refractivity (Wildman–Crippen MR) is 82.1 cm³/mol. The highest BCUT2D eigenvalue weighted by Crippen LogP contribution is 2.21. The number of halogens is 1. The lowest BCUT2D eigenvalue weighted by Crippen LogP contribution is -1.95. The molecule has 0 N–H and O–H groups in total. The molecule has 1 heterocycles. The molecule has 0 radical (unpaired) electrons. The van der Waals surface area contributed by atoms with Crippen LogP contribution < -0.4 is 9.47 Å². The normalized spacial score (nSPS) is 10.5. The molecule has 0 saturated carbocycles. The summed E-state index contributed by atoms with van der Waals surface area (Å²) in [6.07, 6.45) is 0. The minimum Gasteiger partial charge on any atom is -0.497 e. The van der Waals surface area contributed by atoms with Gasteiger partial charge in [-0.05, 0) is 48.5 Å². The summed E-state index contributed by atoms with van der Waals surface area (Å²) in [6.45, 7) is 0.199. The Bertz CT molecular complexity index is 739. The molecule has 0 spiro atoms. The minimum atomic E-state index is 0.199. The highest BCUT2D eigenvalue weighted by molar-refractivity contribution is 6.30. The van der Waals surface area contributed by atoms with Crippen LogP contribution in [0.2, 0.25) is 5.02 Å². The second-order valence-electron chi connectivity index (χ2n) is 4.48. The minimum absolute atomic E-state index is 0.199. The molecule has 6 heteroatoms. The number of nitrogens with zero attached hydrogens (tertiary/aromatic N) is 2. The summed E-state index contributed by atoms with van der Waals surface area (Å²) in [5, 5.41) is 4.60.